The lowest BCUT2D eigenvalue weighted by atomic mass is 10.2. The summed E-state index contributed by atoms with van der Waals surface area (Å²) in [5.74, 6) is 0. The highest BCUT2D eigenvalue weighted by Gasteiger charge is 2.02. The number of hydrogen-bond donors (Lipinski definition) is 0. The Morgan fingerprint density at radius 3 is 1.34 bits per heavy atom. The molecule has 5 aromatic rings. The lowest BCUT2D eigenvalue weighted by molar-refractivity contribution is 0.875. The molecule has 0 amide bonds. The van der Waals surface area contributed by atoms with Crippen LogP contribution in [0.15, 0.2) is 117 Å². The van der Waals surface area contributed by atoms with Crippen LogP contribution >= 0.6 is 0 Å². The molecule has 0 unspecified atom stereocenters. The summed E-state index contributed by atoms with van der Waals surface area (Å²) in [6, 6.07) is 29.3. The topological polar surface area (TPSA) is 68.7 Å². The molecule has 0 aliphatic rings. The standard InChI is InChI=1S/C26H18N4O2/c31-25-15-13-21-5-1-3-7-23(21)29(25)27-17-19-9-11-20(12-10-19)18-28-30-24-8-4-2-6-22(24)14-16-26(30)32/h1-18H/b27-17+,28-18+. The quantitative estimate of drug-likeness (QED) is 0.413. The first-order valence-corrected chi connectivity index (χ1v) is 10.1. The van der Waals surface area contributed by atoms with E-state index in [4.69, 9.17) is 0 Å². The van der Waals surface area contributed by atoms with Gasteiger partial charge in [0, 0.05) is 22.9 Å². The molecular weight excluding hydrogens is 400 g/mol. The van der Waals surface area contributed by atoms with Gasteiger partial charge in [-0.3, -0.25) is 9.59 Å². The Kier molecular flexibility index (Phi) is 5.01. The van der Waals surface area contributed by atoms with Crippen molar-refractivity contribution in [3.63, 3.8) is 0 Å². The zero-order valence-electron chi connectivity index (χ0n) is 17.0. The van der Waals surface area contributed by atoms with Gasteiger partial charge in [0.15, 0.2) is 0 Å². The van der Waals surface area contributed by atoms with Crippen molar-refractivity contribution in [2.75, 3.05) is 0 Å². The third kappa shape index (κ3) is 3.77. The molecule has 0 N–H and O–H groups in total. The Bertz CT molecular complexity index is 1490. The number of pyridine rings is 2. The average molecular weight is 418 g/mol. The number of fused-ring (bicyclic) bond motifs is 2. The van der Waals surface area contributed by atoms with Crippen LogP contribution in [0.5, 0.6) is 0 Å². The molecule has 0 fully saturated rings. The van der Waals surface area contributed by atoms with Crippen molar-refractivity contribution >= 4 is 34.2 Å². The summed E-state index contributed by atoms with van der Waals surface area (Å²) in [7, 11) is 0. The second kappa shape index (κ2) is 8.28. The predicted octanol–water partition coefficient (Wildman–Crippen LogP) is 4.08. The molecule has 0 aliphatic heterocycles. The van der Waals surface area contributed by atoms with E-state index in [-0.39, 0.29) is 11.1 Å². The SMILES string of the molecule is O=c1ccc2ccccc2n1/N=C/c1ccc(/C=N/n2c(=O)ccc3ccccc32)cc1. The maximum Gasteiger partial charge on any atom is 0.271 e. The Hall–Kier alpha value is -4.58. The van der Waals surface area contributed by atoms with Crippen LogP contribution in [0.25, 0.3) is 21.8 Å². The first-order chi connectivity index (χ1) is 15.7. The van der Waals surface area contributed by atoms with E-state index in [9.17, 15) is 9.59 Å². The number of para-hydroxylation sites is 2. The molecule has 32 heavy (non-hydrogen) atoms. The molecule has 154 valence electrons. The first-order valence-electron chi connectivity index (χ1n) is 10.1. The fraction of sp³-hybridized carbons (Fsp3) is 0. The highest BCUT2D eigenvalue weighted by atomic mass is 16.1. The molecule has 6 nitrogen and oxygen atoms in total. The summed E-state index contributed by atoms with van der Waals surface area (Å²) < 4.78 is 2.77. The lowest BCUT2D eigenvalue weighted by Gasteiger charge is -2.04. The molecule has 0 saturated carbocycles. The minimum atomic E-state index is -0.191. The summed E-state index contributed by atoms with van der Waals surface area (Å²) in [5, 5.41) is 10.6. The van der Waals surface area contributed by atoms with E-state index < -0.39 is 0 Å². The third-order valence-corrected chi connectivity index (χ3v) is 5.14. The van der Waals surface area contributed by atoms with Gasteiger partial charge in [-0.05, 0) is 35.4 Å². The number of nitrogens with zero attached hydrogens (tertiary/aromatic N) is 4. The fourth-order valence-corrected chi connectivity index (χ4v) is 3.50. The van der Waals surface area contributed by atoms with Gasteiger partial charge in [0.2, 0.25) is 0 Å². The monoisotopic (exact) mass is 418 g/mol. The molecule has 0 spiro atoms. The van der Waals surface area contributed by atoms with E-state index >= 15 is 0 Å². The minimum Gasteiger partial charge on any atom is -0.267 e. The molecule has 5 rings (SSSR count). The lowest BCUT2D eigenvalue weighted by Crippen LogP contribution is -2.15. The predicted molar refractivity (Wildman–Crippen MR) is 129 cm³/mol. The Morgan fingerprint density at radius 2 is 0.906 bits per heavy atom. The van der Waals surface area contributed by atoms with Gasteiger partial charge in [0.1, 0.15) is 0 Å². The summed E-state index contributed by atoms with van der Waals surface area (Å²) in [4.78, 5) is 24.5. The molecule has 0 bridgehead atoms. The van der Waals surface area contributed by atoms with Gasteiger partial charge in [0.05, 0.1) is 23.5 Å². The second-order valence-corrected chi connectivity index (χ2v) is 7.24. The summed E-state index contributed by atoms with van der Waals surface area (Å²) in [6.07, 6.45) is 3.29. The average Bonchev–Trinajstić information content (AvgIpc) is 2.83. The molecule has 0 saturated heterocycles. The molecule has 2 heterocycles. The van der Waals surface area contributed by atoms with Crippen molar-refractivity contribution in [1.29, 1.82) is 0 Å². The Labute approximate surface area is 183 Å². The van der Waals surface area contributed by atoms with Crippen LogP contribution in [0.3, 0.4) is 0 Å². The van der Waals surface area contributed by atoms with E-state index in [2.05, 4.69) is 10.2 Å². The second-order valence-electron chi connectivity index (χ2n) is 7.24. The fourth-order valence-electron chi connectivity index (χ4n) is 3.50. The zero-order chi connectivity index (χ0) is 21.9. The third-order valence-electron chi connectivity index (χ3n) is 5.14. The van der Waals surface area contributed by atoms with Crippen LogP contribution in [0, 0.1) is 0 Å². The van der Waals surface area contributed by atoms with Crippen LogP contribution in [-0.2, 0) is 0 Å². The van der Waals surface area contributed by atoms with Gasteiger partial charge >= 0.3 is 0 Å². The molecule has 0 aliphatic carbocycles. The molecular formula is C26H18N4O2. The maximum absolute atomic E-state index is 12.3. The summed E-state index contributed by atoms with van der Waals surface area (Å²) in [6.45, 7) is 0. The molecule has 0 radical (unpaired) electrons. The molecule has 2 aromatic heterocycles. The van der Waals surface area contributed by atoms with Gasteiger partial charge in [-0.15, -0.1) is 0 Å². The molecule has 3 aromatic carbocycles. The Morgan fingerprint density at radius 1 is 0.500 bits per heavy atom. The van der Waals surface area contributed by atoms with Crippen LogP contribution in [-0.4, -0.2) is 21.8 Å². The summed E-state index contributed by atoms with van der Waals surface area (Å²) in [5.41, 5.74) is 2.79. The van der Waals surface area contributed by atoms with Crippen molar-refractivity contribution in [1.82, 2.24) is 9.35 Å². The van der Waals surface area contributed by atoms with Crippen LogP contribution in [0.2, 0.25) is 0 Å². The number of hydrogen-bond acceptors (Lipinski definition) is 4. The van der Waals surface area contributed by atoms with Crippen molar-refractivity contribution in [3.8, 4) is 0 Å². The van der Waals surface area contributed by atoms with E-state index in [1.165, 1.54) is 21.5 Å². The van der Waals surface area contributed by atoms with E-state index in [1.54, 1.807) is 24.6 Å². The first kappa shape index (κ1) is 19.4. The number of rotatable bonds is 4. The molecule has 6 heteroatoms. The van der Waals surface area contributed by atoms with Crippen LogP contribution in [0.1, 0.15) is 11.1 Å². The van der Waals surface area contributed by atoms with Crippen LogP contribution < -0.4 is 11.1 Å². The molecule has 0 atom stereocenters. The minimum absolute atomic E-state index is 0.191. The Balaban J connectivity index is 1.42. The van der Waals surface area contributed by atoms with Crippen molar-refractivity contribution in [2.45, 2.75) is 0 Å². The van der Waals surface area contributed by atoms with Gasteiger partial charge in [-0.25, -0.2) is 0 Å². The highest BCUT2D eigenvalue weighted by Crippen LogP contribution is 2.12. The van der Waals surface area contributed by atoms with Gasteiger partial charge in [0.25, 0.3) is 11.1 Å². The smallest absolute Gasteiger partial charge is 0.267 e. The van der Waals surface area contributed by atoms with Crippen LogP contribution in [0.4, 0.5) is 0 Å². The number of benzene rings is 3. The van der Waals surface area contributed by atoms with Crippen molar-refractivity contribution in [3.05, 3.63) is 129 Å². The largest absolute Gasteiger partial charge is 0.271 e. The summed E-state index contributed by atoms with van der Waals surface area (Å²) >= 11 is 0. The van der Waals surface area contributed by atoms with E-state index in [0.717, 1.165) is 32.9 Å². The normalized spacial score (nSPS) is 11.8. The van der Waals surface area contributed by atoms with Crippen molar-refractivity contribution < 1.29 is 0 Å². The van der Waals surface area contributed by atoms with E-state index in [1.807, 2.05) is 72.8 Å². The van der Waals surface area contributed by atoms with Gasteiger partial charge < -0.3 is 0 Å². The number of aromatic nitrogens is 2. The highest BCUT2D eigenvalue weighted by molar-refractivity contribution is 5.85. The zero-order valence-corrected chi connectivity index (χ0v) is 17.0. The van der Waals surface area contributed by atoms with E-state index in [0.29, 0.717) is 0 Å². The van der Waals surface area contributed by atoms with Crippen molar-refractivity contribution in [2.24, 2.45) is 10.2 Å². The van der Waals surface area contributed by atoms with Gasteiger partial charge in [-0.2, -0.15) is 19.6 Å². The van der Waals surface area contributed by atoms with Gasteiger partial charge in [-0.1, -0.05) is 60.7 Å². The maximum atomic E-state index is 12.3.